The Morgan fingerprint density at radius 3 is 3.05 bits per heavy atom. The molecule has 3 aromatic rings. The number of amides is 1. The smallest absolute Gasteiger partial charge is 0.270 e. The molecule has 0 fully saturated rings. The van der Waals surface area contributed by atoms with E-state index in [0.29, 0.717) is 18.2 Å². The number of nitrogens with zero attached hydrogens (tertiary/aromatic N) is 4. The van der Waals surface area contributed by atoms with Crippen molar-refractivity contribution in [2.24, 2.45) is 0 Å². The fourth-order valence-electron chi connectivity index (χ4n) is 2.53. The average Bonchev–Trinajstić information content (AvgIpc) is 2.94. The molecule has 0 saturated heterocycles. The Hall–Kier alpha value is -3.02. The second-order valence-electron chi connectivity index (χ2n) is 5.17. The van der Waals surface area contributed by atoms with Crippen molar-refractivity contribution in [3.05, 3.63) is 54.0 Å². The summed E-state index contributed by atoms with van der Waals surface area (Å²) < 4.78 is 0. The lowest BCUT2D eigenvalue weighted by molar-refractivity contribution is 0.0961. The number of carbonyl (C=O) groups is 1. The molecule has 0 aliphatic carbocycles. The number of anilines is 2. The second kappa shape index (κ2) is 4.77. The van der Waals surface area contributed by atoms with Gasteiger partial charge < -0.3 is 10.2 Å². The van der Waals surface area contributed by atoms with Crippen LogP contribution >= 0.6 is 0 Å². The van der Waals surface area contributed by atoms with E-state index in [9.17, 15) is 4.79 Å². The van der Waals surface area contributed by atoms with Gasteiger partial charge in [-0.2, -0.15) is 0 Å². The molecule has 6 nitrogen and oxygen atoms in total. The van der Waals surface area contributed by atoms with Crippen molar-refractivity contribution in [3.63, 3.8) is 0 Å². The fourth-order valence-corrected chi connectivity index (χ4v) is 2.53. The zero-order chi connectivity index (χ0) is 15.1. The molecule has 0 atom stereocenters. The van der Waals surface area contributed by atoms with Gasteiger partial charge >= 0.3 is 0 Å². The summed E-state index contributed by atoms with van der Waals surface area (Å²) in [5.41, 5.74) is 3.18. The molecule has 4 rings (SSSR count). The van der Waals surface area contributed by atoms with Gasteiger partial charge in [-0.15, -0.1) is 0 Å². The van der Waals surface area contributed by atoms with Crippen molar-refractivity contribution < 1.29 is 4.79 Å². The number of fused-ring (bicyclic) bond motifs is 2. The zero-order valence-electron chi connectivity index (χ0n) is 11.9. The molecule has 1 aromatic carbocycles. The van der Waals surface area contributed by atoms with E-state index in [1.807, 2.05) is 42.3 Å². The predicted octanol–water partition coefficient (Wildman–Crippen LogP) is 2.04. The molecule has 0 bridgehead atoms. The molecule has 1 aliphatic rings. The minimum Gasteiger partial charge on any atom is -0.346 e. The van der Waals surface area contributed by atoms with Gasteiger partial charge in [0.2, 0.25) is 5.95 Å². The summed E-state index contributed by atoms with van der Waals surface area (Å²) in [4.78, 5) is 26.6. The van der Waals surface area contributed by atoms with Gasteiger partial charge in [0.25, 0.3) is 5.91 Å². The van der Waals surface area contributed by atoms with Crippen LogP contribution in [0.3, 0.4) is 0 Å². The molecule has 1 amide bonds. The predicted molar refractivity (Wildman–Crippen MR) is 83.0 cm³/mol. The van der Waals surface area contributed by atoms with Gasteiger partial charge in [-0.1, -0.05) is 6.07 Å². The second-order valence-corrected chi connectivity index (χ2v) is 5.17. The molecule has 1 aliphatic heterocycles. The van der Waals surface area contributed by atoms with Gasteiger partial charge in [0, 0.05) is 42.6 Å². The van der Waals surface area contributed by atoms with E-state index >= 15 is 0 Å². The van der Waals surface area contributed by atoms with Crippen LogP contribution in [0.2, 0.25) is 0 Å². The largest absolute Gasteiger partial charge is 0.346 e. The molecule has 108 valence electrons. The van der Waals surface area contributed by atoms with Gasteiger partial charge in [-0.25, -0.2) is 9.97 Å². The Morgan fingerprint density at radius 1 is 1.23 bits per heavy atom. The highest BCUT2D eigenvalue weighted by atomic mass is 16.2. The number of hydrogen-bond acceptors (Lipinski definition) is 5. The van der Waals surface area contributed by atoms with Crippen molar-refractivity contribution in [2.45, 2.75) is 6.54 Å². The molecule has 0 spiro atoms. The van der Waals surface area contributed by atoms with Gasteiger partial charge in [0.1, 0.15) is 5.69 Å². The number of benzene rings is 1. The Kier molecular flexibility index (Phi) is 2.75. The molecule has 1 N–H and O–H groups in total. The van der Waals surface area contributed by atoms with Crippen LogP contribution in [-0.2, 0) is 6.54 Å². The van der Waals surface area contributed by atoms with E-state index in [4.69, 9.17) is 0 Å². The lowest BCUT2D eigenvalue weighted by atomic mass is 10.2. The quantitative estimate of drug-likeness (QED) is 0.782. The maximum Gasteiger partial charge on any atom is 0.270 e. The van der Waals surface area contributed by atoms with Gasteiger partial charge in [-0.3, -0.25) is 9.78 Å². The lowest BCUT2D eigenvalue weighted by Gasteiger charge is -2.17. The molecule has 2 aromatic heterocycles. The third-order valence-corrected chi connectivity index (χ3v) is 3.78. The summed E-state index contributed by atoms with van der Waals surface area (Å²) >= 11 is 0. The third-order valence-electron chi connectivity index (χ3n) is 3.78. The average molecular weight is 291 g/mol. The first kappa shape index (κ1) is 12.7. The molecule has 3 heterocycles. The minimum absolute atomic E-state index is 0.144. The number of pyridine rings is 1. The number of aromatic nitrogens is 3. The Labute approximate surface area is 126 Å². The Balaban J connectivity index is 1.75. The van der Waals surface area contributed by atoms with E-state index in [0.717, 1.165) is 22.2 Å². The first-order valence-electron chi connectivity index (χ1n) is 6.95. The van der Waals surface area contributed by atoms with Crippen LogP contribution in [0.5, 0.6) is 0 Å². The summed E-state index contributed by atoms with van der Waals surface area (Å²) in [6.07, 6.45) is 3.47. The first-order chi connectivity index (χ1) is 10.7. The molecule has 22 heavy (non-hydrogen) atoms. The highest BCUT2D eigenvalue weighted by Crippen LogP contribution is 2.25. The van der Waals surface area contributed by atoms with Gasteiger partial charge in [-0.05, 0) is 24.3 Å². The van der Waals surface area contributed by atoms with Crippen LogP contribution in [0.4, 0.5) is 11.6 Å². The monoisotopic (exact) mass is 291 g/mol. The van der Waals surface area contributed by atoms with Crippen LogP contribution in [0.25, 0.3) is 10.9 Å². The molecule has 0 unspecified atom stereocenters. The van der Waals surface area contributed by atoms with Crippen molar-refractivity contribution in [3.8, 4) is 0 Å². The van der Waals surface area contributed by atoms with Crippen LogP contribution in [-0.4, -0.2) is 27.9 Å². The zero-order valence-corrected chi connectivity index (χ0v) is 11.9. The molecule has 6 heteroatoms. The summed E-state index contributed by atoms with van der Waals surface area (Å²) in [5.74, 6) is 0.355. The molecule has 0 radical (unpaired) electrons. The molecule has 0 saturated carbocycles. The third kappa shape index (κ3) is 1.96. The number of hydrogen-bond donors (Lipinski definition) is 1. The topological polar surface area (TPSA) is 71.0 Å². The van der Waals surface area contributed by atoms with Crippen LogP contribution in [0.15, 0.2) is 42.7 Å². The van der Waals surface area contributed by atoms with Crippen LogP contribution < -0.4 is 10.2 Å². The summed E-state index contributed by atoms with van der Waals surface area (Å²) in [7, 11) is 1.88. The summed E-state index contributed by atoms with van der Waals surface area (Å²) in [6, 6.07) is 9.87. The first-order valence-corrected chi connectivity index (χ1v) is 6.95. The highest BCUT2D eigenvalue weighted by molar-refractivity contribution is 5.96. The molecular formula is C16H13N5O. The van der Waals surface area contributed by atoms with Crippen molar-refractivity contribution in [2.75, 3.05) is 11.9 Å². The van der Waals surface area contributed by atoms with Crippen molar-refractivity contribution >= 4 is 28.4 Å². The maximum absolute atomic E-state index is 11.7. The van der Waals surface area contributed by atoms with E-state index < -0.39 is 0 Å². The summed E-state index contributed by atoms with van der Waals surface area (Å²) in [5, 5.41) is 3.79. The number of rotatable bonds is 2. The van der Waals surface area contributed by atoms with Crippen LogP contribution in [0.1, 0.15) is 16.1 Å². The number of nitrogens with one attached hydrogen (secondary N) is 1. The standard InChI is InChI=1S/C16H13N5O/c1-21(12-4-5-13-10(7-12)3-2-6-17-13)16-19-9-11-8-18-15(22)14(11)20-16/h2-7,9H,8H2,1H3,(H,18,22). The normalized spacial score (nSPS) is 13.0. The van der Waals surface area contributed by atoms with Gasteiger partial charge in [0.05, 0.1) is 5.52 Å². The Bertz CT molecular complexity index is 893. The van der Waals surface area contributed by atoms with Gasteiger partial charge in [0.15, 0.2) is 0 Å². The van der Waals surface area contributed by atoms with E-state index in [2.05, 4.69) is 20.3 Å². The minimum atomic E-state index is -0.144. The molecular weight excluding hydrogens is 278 g/mol. The van der Waals surface area contributed by atoms with Crippen molar-refractivity contribution in [1.29, 1.82) is 0 Å². The fraction of sp³-hybridized carbons (Fsp3) is 0.125. The maximum atomic E-state index is 11.7. The van der Waals surface area contributed by atoms with Crippen molar-refractivity contribution in [1.82, 2.24) is 20.3 Å². The highest BCUT2D eigenvalue weighted by Gasteiger charge is 2.22. The van der Waals surface area contributed by atoms with E-state index in [1.54, 1.807) is 12.4 Å². The van der Waals surface area contributed by atoms with E-state index in [-0.39, 0.29) is 5.91 Å². The number of carbonyl (C=O) groups excluding carboxylic acids is 1. The van der Waals surface area contributed by atoms with E-state index in [1.165, 1.54) is 0 Å². The summed E-state index contributed by atoms with van der Waals surface area (Å²) in [6.45, 7) is 0.500. The Morgan fingerprint density at radius 2 is 2.14 bits per heavy atom. The van der Waals surface area contributed by atoms with Crippen LogP contribution in [0, 0.1) is 0 Å². The lowest BCUT2D eigenvalue weighted by Crippen LogP contribution is -2.16. The SMILES string of the molecule is CN(c1ccc2ncccc2c1)c1ncc2c(n1)C(=O)NC2.